The smallest absolute Gasteiger partial charge is 0.274 e. The number of aromatic nitrogens is 1. The number of guanidine groups is 1. The van der Waals surface area contributed by atoms with Crippen molar-refractivity contribution in [3.8, 4) is 0 Å². The zero-order valence-corrected chi connectivity index (χ0v) is 14.3. The first kappa shape index (κ1) is 15.5. The van der Waals surface area contributed by atoms with Crippen LogP contribution in [0, 0.1) is 5.41 Å². The Morgan fingerprint density at radius 2 is 2.17 bits per heavy atom. The summed E-state index contributed by atoms with van der Waals surface area (Å²) >= 11 is 3.42. The Bertz CT molecular complexity index is 882. The molecule has 0 aliphatic carbocycles. The van der Waals surface area contributed by atoms with Crippen LogP contribution in [0.5, 0.6) is 0 Å². The first-order valence-electron chi connectivity index (χ1n) is 7.11. The van der Waals surface area contributed by atoms with Crippen LogP contribution in [-0.2, 0) is 4.79 Å². The van der Waals surface area contributed by atoms with Crippen molar-refractivity contribution in [2.24, 2.45) is 0 Å². The van der Waals surface area contributed by atoms with Crippen molar-refractivity contribution in [3.05, 3.63) is 40.1 Å². The van der Waals surface area contributed by atoms with Crippen LogP contribution in [0.2, 0.25) is 0 Å². The molecule has 2 aromatic rings. The second-order valence-corrected chi connectivity index (χ2v) is 6.17. The number of nitrogens with zero attached hydrogens (tertiary/aromatic N) is 2. The Morgan fingerprint density at radius 3 is 2.78 bits per heavy atom. The molecule has 1 fully saturated rings. The second kappa shape index (κ2) is 5.66. The summed E-state index contributed by atoms with van der Waals surface area (Å²) in [6.07, 6.45) is 3.82. The minimum Gasteiger partial charge on any atom is -0.311 e. The number of carbonyl (C=O) groups excluding carboxylic acids is 2. The molecule has 1 aliphatic rings. The summed E-state index contributed by atoms with van der Waals surface area (Å²) < 4.78 is 2.48. The summed E-state index contributed by atoms with van der Waals surface area (Å²) in [5.74, 6) is -0.301. The van der Waals surface area contributed by atoms with E-state index >= 15 is 0 Å². The molecular weight excluding hydrogens is 360 g/mol. The van der Waals surface area contributed by atoms with Crippen molar-refractivity contribution in [2.75, 3.05) is 7.05 Å². The molecule has 2 N–H and O–H groups in total. The number of halogens is 1. The molecule has 1 amide bonds. The van der Waals surface area contributed by atoms with Crippen molar-refractivity contribution in [1.29, 1.82) is 5.41 Å². The van der Waals surface area contributed by atoms with Gasteiger partial charge in [0.1, 0.15) is 5.70 Å². The number of fused-ring (bicyclic) bond motifs is 1. The number of nitrogens with one attached hydrogen (secondary N) is 2. The van der Waals surface area contributed by atoms with Gasteiger partial charge in [-0.1, -0.05) is 28.9 Å². The van der Waals surface area contributed by atoms with Crippen LogP contribution in [-0.4, -0.2) is 34.3 Å². The molecule has 0 saturated carbocycles. The Morgan fingerprint density at radius 1 is 1.43 bits per heavy atom. The van der Waals surface area contributed by atoms with Gasteiger partial charge in [-0.05, 0) is 18.2 Å². The fraction of sp³-hybridized carbons (Fsp3) is 0.188. The molecule has 23 heavy (non-hydrogen) atoms. The summed E-state index contributed by atoms with van der Waals surface area (Å²) in [7, 11) is 1.65. The summed E-state index contributed by atoms with van der Waals surface area (Å²) in [5.41, 5.74) is 1.93. The summed E-state index contributed by atoms with van der Waals surface area (Å²) in [6.45, 7) is 1.81. The van der Waals surface area contributed by atoms with Crippen molar-refractivity contribution >= 4 is 50.7 Å². The van der Waals surface area contributed by atoms with Gasteiger partial charge in [0.05, 0.1) is 5.52 Å². The van der Waals surface area contributed by atoms with Gasteiger partial charge in [0.2, 0.25) is 11.9 Å². The topological polar surface area (TPSA) is 78.2 Å². The fourth-order valence-electron chi connectivity index (χ4n) is 2.56. The van der Waals surface area contributed by atoms with Gasteiger partial charge in [0, 0.05) is 35.1 Å². The lowest BCUT2D eigenvalue weighted by molar-refractivity contribution is -0.115. The highest BCUT2D eigenvalue weighted by Gasteiger charge is 2.27. The van der Waals surface area contributed by atoms with Gasteiger partial charge in [-0.25, -0.2) is 0 Å². The van der Waals surface area contributed by atoms with Gasteiger partial charge >= 0.3 is 0 Å². The van der Waals surface area contributed by atoms with Crippen LogP contribution in [0.1, 0.15) is 23.7 Å². The summed E-state index contributed by atoms with van der Waals surface area (Å²) in [5, 5.41) is 11.0. The average molecular weight is 375 g/mol. The van der Waals surface area contributed by atoms with Gasteiger partial charge in [0.25, 0.3) is 5.91 Å². The van der Waals surface area contributed by atoms with Crippen LogP contribution >= 0.6 is 15.9 Å². The lowest BCUT2D eigenvalue weighted by atomic mass is 10.1. The van der Waals surface area contributed by atoms with E-state index < -0.39 is 0 Å². The van der Waals surface area contributed by atoms with Crippen LogP contribution in [0.15, 0.2) is 34.6 Å². The molecule has 0 spiro atoms. The zero-order valence-electron chi connectivity index (χ0n) is 12.7. The molecule has 1 aromatic carbocycles. The SMILES string of the molecule is CCC(=O)n1cc(C=C2C(=O)NC(=N)N2C)c2ccc(Br)cc21. The molecule has 6 nitrogen and oxygen atoms in total. The van der Waals surface area contributed by atoms with E-state index in [2.05, 4.69) is 21.2 Å². The second-order valence-electron chi connectivity index (χ2n) is 5.25. The van der Waals surface area contributed by atoms with Gasteiger partial charge in [-0.15, -0.1) is 0 Å². The van der Waals surface area contributed by atoms with Crippen LogP contribution in [0.4, 0.5) is 0 Å². The molecule has 1 aliphatic heterocycles. The number of benzene rings is 1. The van der Waals surface area contributed by atoms with Crippen molar-refractivity contribution in [3.63, 3.8) is 0 Å². The normalized spacial score (nSPS) is 16.5. The number of likely N-dealkylation sites (N-methyl/N-ethyl adjacent to an activating group) is 1. The standard InChI is InChI=1S/C16H15BrN4O2/c1-3-14(22)21-8-9(11-5-4-10(17)7-12(11)21)6-13-15(23)19-16(18)20(13)2/h4-8H,3H2,1-2H3,(H2,18,19,23). The largest absolute Gasteiger partial charge is 0.311 e. The maximum absolute atomic E-state index is 12.2. The third-order valence-corrected chi connectivity index (χ3v) is 4.32. The minimum atomic E-state index is -0.322. The third kappa shape index (κ3) is 2.57. The molecule has 1 saturated heterocycles. The van der Waals surface area contributed by atoms with E-state index in [1.165, 1.54) is 4.90 Å². The first-order valence-corrected chi connectivity index (χ1v) is 7.90. The van der Waals surface area contributed by atoms with Crippen LogP contribution < -0.4 is 5.32 Å². The van der Waals surface area contributed by atoms with E-state index in [0.29, 0.717) is 12.1 Å². The monoisotopic (exact) mass is 374 g/mol. The average Bonchev–Trinajstić information content (AvgIpc) is 2.99. The van der Waals surface area contributed by atoms with Gasteiger partial charge in [0.15, 0.2) is 0 Å². The Labute approximate surface area is 141 Å². The number of rotatable bonds is 2. The van der Waals surface area contributed by atoms with Crippen LogP contribution in [0.25, 0.3) is 17.0 Å². The van der Waals surface area contributed by atoms with Crippen molar-refractivity contribution in [1.82, 2.24) is 14.8 Å². The highest BCUT2D eigenvalue weighted by Crippen LogP contribution is 2.28. The number of hydrogen-bond donors (Lipinski definition) is 2. The number of amides is 1. The van der Waals surface area contributed by atoms with E-state index in [1.807, 2.05) is 25.1 Å². The summed E-state index contributed by atoms with van der Waals surface area (Å²) in [6, 6.07) is 5.68. The lowest BCUT2D eigenvalue weighted by Gasteiger charge is -2.08. The molecule has 0 bridgehead atoms. The molecule has 118 valence electrons. The molecule has 3 rings (SSSR count). The molecule has 0 unspecified atom stereocenters. The third-order valence-electron chi connectivity index (χ3n) is 3.82. The molecule has 2 heterocycles. The zero-order chi connectivity index (χ0) is 16.7. The van der Waals surface area contributed by atoms with Crippen molar-refractivity contribution in [2.45, 2.75) is 13.3 Å². The number of hydrogen-bond acceptors (Lipinski definition) is 3. The number of carbonyl (C=O) groups is 2. The van der Waals surface area contributed by atoms with E-state index in [9.17, 15) is 9.59 Å². The van der Waals surface area contributed by atoms with Crippen LogP contribution in [0.3, 0.4) is 0 Å². The van der Waals surface area contributed by atoms with Gasteiger partial charge in [-0.2, -0.15) is 0 Å². The Balaban J connectivity index is 2.21. The maximum Gasteiger partial charge on any atom is 0.274 e. The quantitative estimate of drug-likeness (QED) is 0.793. The van der Waals surface area contributed by atoms with E-state index in [0.717, 1.165) is 20.9 Å². The summed E-state index contributed by atoms with van der Waals surface area (Å²) in [4.78, 5) is 25.6. The molecular formula is C16H15BrN4O2. The molecule has 0 atom stereocenters. The Kier molecular flexibility index (Phi) is 3.81. The first-order chi connectivity index (χ1) is 10.9. The van der Waals surface area contributed by atoms with E-state index in [1.54, 1.807) is 23.9 Å². The molecule has 7 heteroatoms. The fourth-order valence-corrected chi connectivity index (χ4v) is 2.90. The highest BCUT2D eigenvalue weighted by molar-refractivity contribution is 9.10. The molecule has 1 aromatic heterocycles. The predicted octanol–water partition coefficient (Wildman–Crippen LogP) is 2.79. The Hall–Kier alpha value is -2.41. The van der Waals surface area contributed by atoms with E-state index in [4.69, 9.17) is 5.41 Å². The maximum atomic E-state index is 12.2. The highest BCUT2D eigenvalue weighted by atomic mass is 79.9. The van der Waals surface area contributed by atoms with Gasteiger partial charge in [-0.3, -0.25) is 24.9 Å². The minimum absolute atomic E-state index is 0.0188. The predicted molar refractivity (Wildman–Crippen MR) is 92.2 cm³/mol. The molecule has 0 radical (unpaired) electrons. The van der Waals surface area contributed by atoms with E-state index in [-0.39, 0.29) is 17.8 Å². The van der Waals surface area contributed by atoms with Gasteiger partial charge < -0.3 is 4.90 Å². The lowest BCUT2D eigenvalue weighted by Crippen LogP contribution is -2.25. The van der Waals surface area contributed by atoms with Crippen molar-refractivity contribution < 1.29 is 9.59 Å².